The second-order valence-corrected chi connectivity index (χ2v) is 5.87. The van der Waals surface area contributed by atoms with Crippen molar-refractivity contribution in [2.45, 2.75) is 26.4 Å². The molecule has 0 N–H and O–H groups in total. The molecule has 0 saturated heterocycles. The third kappa shape index (κ3) is 4.60. The second-order valence-electron chi connectivity index (χ2n) is 4.22. The van der Waals surface area contributed by atoms with E-state index in [1.165, 1.54) is 5.56 Å². The highest BCUT2D eigenvalue weighted by Gasteiger charge is 2.10. The standard InChI is InChI=1S/C13H19Br2NO/c1-10(2)16(7-6-14)9-11-4-5-13(17-3)12(15)8-11/h4-5,8,10H,6-7,9H2,1-3H3. The third-order valence-electron chi connectivity index (χ3n) is 2.70. The summed E-state index contributed by atoms with van der Waals surface area (Å²) in [4.78, 5) is 2.43. The van der Waals surface area contributed by atoms with Crippen LogP contribution in [0.2, 0.25) is 0 Å². The van der Waals surface area contributed by atoms with Crippen molar-refractivity contribution in [3.63, 3.8) is 0 Å². The van der Waals surface area contributed by atoms with Gasteiger partial charge in [0.1, 0.15) is 5.75 Å². The van der Waals surface area contributed by atoms with Crippen LogP contribution in [0, 0.1) is 0 Å². The number of rotatable bonds is 6. The quantitative estimate of drug-likeness (QED) is 0.705. The average Bonchev–Trinajstić information content (AvgIpc) is 2.28. The maximum absolute atomic E-state index is 5.23. The summed E-state index contributed by atoms with van der Waals surface area (Å²) in [5, 5.41) is 1.00. The minimum absolute atomic E-state index is 0.549. The lowest BCUT2D eigenvalue weighted by Gasteiger charge is -2.25. The molecular weight excluding hydrogens is 346 g/mol. The first kappa shape index (κ1) is 15.0. The summed E-state index contributed by atoms with van der Waals surface area (Å²) >= 11 is 7.02. The fourth-order valence-corrected chi connectivity index (χ4v) is 2.71. The number of hydrogen-bond donors (Lipinski definition) is 0. The molecule has 0 amide bonds. The molecule has 17 heavy (non-hydrogen) atoms. The number of nitrogens with zero attached hydrogens (tertiary/aromatic N) is 1. The fraction of sp³-hybridized carbons (Fsp3) is 0.538. The maximum atomic E-state index is 5.23. The van der Waals surface area contributed by atoms with Crippen molar-refractivity contribution in [3.05, 3.63) is 28.2 Å². The molecule has 0 aliphatic rings. The van der Waals surface area contributed by atoms with Crippen molar-refractivity contribution in [1.29, 1.82) is 0 Å². The van der Waals surface area contributed by atoms with Crippen molar-refractivity contribution in [3.8, 4) is 5.75 Å². The fourth-order valence-electron chi connectivity index (χ4n) is 1.67. The monoisotopic (exact) mass is 363 g/mol. The topological polar surface area (TPSA) is 12.5 Å². The number of alkyl halides is 1. The Labute approximate surface area is 121 Å². The van der Waals surface area contributed by atoms with Crippen molar-refractivity contribution in [2.24, 2.45) is 0 Å². The van der Waals surface area contributed by atoms with Crippen molar-refractivity contribution in [1.82, 2.24) is 4.90 Å². The van der Waals surface area contributed by atoms with Crippen LogP contribution >= 0.6 is 31.9 Å². The van der Waals surface area contributed by atoms with E-state index in [1.54, 1.807) is 7.11 Å². The molecule has 0 unspecified atom stereocenters. The largest absolute Gasteiger partial charge is 0.496 e. The highest BCUT2D eigenvalue weighted by molar-refractivity contribution is 9.10. The van der Waals surface area contributed by atoms with E-state index in [9.17, 15) is 0 Å². The molecule has 1 aromatic carbocycles. The lowest BCUT2D eigenvalue weighted by Crippen LogP contribution is -2.31. The summed E-state index contributed by atoms with van der Waals surface area (Å²) in [5.74, 6) is 0.880. The minimum Gasteiger partial charge on any atom is -0.496 e. The Morgan fingerprint density at radius 2 is 2.06 bits per heavy atom. The van der Waals surface area contributed by atoms with Crippen LogP contribution in [0.15, 0.2) is 22.7 Å². The molecule has 1 rings (SSSR count). The summed E-state index contributed by atoms with van der Waals surface area (Å²) in [6.45, 7) is 6.47. The average molecular weight is 365 g/mol. The zero-order valence-electron chi connectivity index (χ0n) is 10.5. The molecular formula is C13H19Br2NO. The molecule has 0 fully saturated rings. The Bertz CT molecular complexity index is 355. The molecule has 0 aliphatic heterocycles. The van der Waals surface area contributed by atoms with Crippen LogP contribution < -0.4 is 4.74 Å². The van der Waals surface area contributed by atoms with Gasteiger partial charge >= 0.3 is 0 Å². The van der Waals surface area contributed by atoms with Gasteiger partial charge in [0.05, 0.1) is 11.6 Å². The van der Waals surface area contributed by atoms with Gasteiger partial charge in [0, 0.05) is 24.5 Å². The first-order chi connectivity index (χ1) is 8.08. The van der Waals surface area contributed by atoms with Crippen LogP contribution in [0.1, 0.15) is 19.4 Å². The van der Waals surface area contributed by atoms with Gasteiger partial charge in [-0.15, -0.1) is 0 Å². The molecule has 0 spiro atoms. The van der Waals surface area contributed by atoms with Crippen LogP contribution in [-0.4, -0.2) is 29.9 Å². The molecule has 0 radical (unpaired) electrons. The van der Waals surface area contributed by atoms with Crippen molar-refractivity contribution >= 4 is 31.9 Å². The molecule has 4 heteroatoms. The van der Waals surface area contributed by atoms with Crippen LogP contribution in [0.5, 0.6) is 5.75 Å². The zero-order valence-corrected chi connectivity index (χ0v) is 13.7. The molecule has 0 aromatic heterocycles. The SMILES string of the molecule is COc1ccc(CN(CCBr)C(C)C)cc1Br. The lowest BCUT2D eigenvalue weighted by molar-refractivity contribution is 0.227. The summed E-state index contributed by atoms with van der Waals surface area (Å²) in [6, 6.07) is 6.80. The van der Waals surface area contributed by atoms with Gasteiger partial charge in [-0.2, -0.15) is 0 Å². The van der Waals surface area contributed by atoms with Crippen LogP contribution in [0.25, 0.3) is 0 Å². The Morgan fingerprint density at radius 3 is 2.53 bits per heavy atom. The minimum atomic E-state index is 0.549. The van der Waals surface area contributed by atoms with Gasteiger partial charge in [-0.05, 0) is 47.5 Å². The van der Waals surface area contributed by atoms with Crippen molar-refractivity contribution < 1.29 is 4.74 Å². The maximum Gasteiger partial charge on any atom is 0.133 e. The molecule has 0 aliphatic carbocycles. The van der Waals surface area contributed by atoms with E-state index in [0.717, 1.165) is 28.6 Å². The first-order valence-electron chi connectivity index (χ1n) is 5.71. The smallest absolute Gasteiger partial charge is 0.133 e. The summed E-state index contributed by atoms with van der Waals surface area (Å²) in [7, 11) is 1.69. The number of halogens is 2. The number of methoxy groups -OCH3 is 1. The van der Waals surface area contributed by atoms with Crippen LogP contribution in [0.3, 0.4) is 0 Å². The van der Waals surface area contributed by atoms with E-state index in [1.807, 2.05) is 6.07 Å². The number of ether oxygens (including phenoxy) is 1. The third-order valence-corrected chi connectivity index (χ3v) is 3.68. The van der Waals surface area contributed by atoms with E-state index >= 15 is 0 Å². The predicted octanol–water partition coefficient (Wildman–Crippen LogP) is 4.06. The summed E-state index contributed by atoms with van der Waals surface area (Å²) in [6.07, 6.45) is 0. The van der Waals surface area contributed by atoms with Crippen molar-refractivity contribution in [2.75, 3.05) is 19.0 Å². The zero-order chi connectivity index (χ0) is 12.8. The molecule has 2 nitrogen and oxygen atoms in total. The second kappa shape index (κ2) is 7.39. The first-order valence-corrected chi connectivity index (χ1v) is 7.62. The van der Waals surface area contributed by atoms with Gasteiger partial charge in [0.25, 0.3) is 0 Å². The predicted molar refractivity (Wildman–Crippen MR) is 80.0 cm³/mol. The van der Waals surface area contributed by atoms with E-state index in [2.05, 4.69) is 62.7 Å². The molecule has 96 valence electrons. The normalized spacial score (nSPS) is 11.2. The lowest BCUT2D eigenvalue weighted by atomic mass is 10.2. The van der Waals surface area contributed by atoms with E-state index in [0.29, 0.717) is 6.04 Å². The number of benzene rings is 1. The van der Waals surface area contributed by atoms with Gasteiger partial charge in [-0.3, -0.25) is 4.90 Å². The highest BCUT2D eigenvalue weighted by atomic mass is 79.9. The van der Waals surface area contributed by atoms with Gasteiger partial charge in [-0.25, -0.2) is 0 Å². The van der Waals surface area contributed by atoms with Gasteiger partial charge < -0.3 is 4.74 Å². The Morgan fingerprint density at radius 1 is 1.35 bits per heavy atom. The van der Waals surface area contributed by atoms with Gasteiger partial charge in [0.2, 0.25) is 0 Å². The van der Waals surface area contributed by atoms with Gasteiger partial charge in [-0.1, -0.05) is 22.0 Å². The Kier molecular flexibility index (Phi) is 6.52. The molecule has 1 aromatic rings. The van der Waals surface area contributed by atoms with E-state index in [4.69, 9.17) is 4.74 Å². The Hall–Kier alpha value is -0.0600. The van der Waals surface area contributed by atoms with Crippen LogP contribution in [0.4, 0.5) is 0 Å². The van der Waals surface area contributed by atoms with Gasteiger partial charge in [0.15, 0.2) is 0 Å². The van der Waals surface area contributed by atoms with E-state index < -0.39 is 0 Å². The Balaban J connectivity index is 2.76. The molecule has 0 saturated carbocycles. The molecule has 0 bridgehead atoms. The van der Waals surface area contributed by atoms with E-state index in [-0.39, 0.29) is 0 Å². The summed E-state index contributed by atoms with van der Waals surface area (Å²) < 4.78 is 6.25. The number of hydrogen-bond acceptors (Lipinski definition) is 2. The van der Waals surface area contributed by atoms with Crippen LogP contribution in [-0.2, 0) is 6.54 Å². The highest BCUT2D eigenvalue weighted by Crippen LogP contribution is 2.26. The molecule has 0 heterocycles. The molecule has 0 atom stereocenters. The summed E-state index contributed by atoms with van der Waals surface area (Å²) in [5.41, 5.74) is 1.30.